The lowest BCUT2D eigenvalue weighted by atomic mass is 10.5. The number of carbonyl (C=O) groups is 1. The highest BCUT2D eigenvalue weighted by atomic mass is 32.2. The smallest absolute Gasteiger partial charge is 0.328 e. The largest absolute Gasteiger partial charge is 0.414 e. The summed E-state index contributed by atoms with van der Waals surface area (Å²) in [5.74, 6) is 0.361. The Morgan fingerprint density at radius 1 is 1.45 bits per heavy atom. The predicted molar refractivity (Wildman–Crippen MR) is 76.6 cm³/mol. The molecule has 0 unspecified atom stereocenters. The molecule has 3 rings (SSSR count). The number of aromatic amines is 1. The summed E-state index contributed by atoms with van der Waals surface area (Å²) in [4.78, 5) is 36.2. The molecule has 0 aromatic carbocycles. The van der Waals surface area contributed by atoms with E-state index in [4.69, 9.17) is 4.42 Å². The monoisotopic (exact) mass is 323 g/mol. The van der Waals surface area contributed by atoms with Gasteiger partial charge in [-0.2, -0.15) is 0 Å². The summed E-state index contributed by atoms with van der Waals surface area (Å²) in [6, 6.07) is 1.55. The van der Waals surface area contributed by atoms with Crippen LogP contribution in [0.3, 0.4) is 0 Å². The first-order valence-corrected chi connectivity index (χ1v) is 7.63. The molecule has 2 N–H and O–H groups in total. The van der Waals surface area contributed by atoms with Crippen LogP contribution in [0.25, 0.3) is 0 Å². The zero-order valence-electron chi connectivity index (χ0n) is 11.4. The highest BCUT2D eigenvalue weighted by Gasteiger charge is 2.23. The average Bonchev–Trinajstić information content (AvgIpc) is 3.17. The van der Waals surface area contributed by atoms with Crippen LogP contribution in [0.5, 0.6) is 0 Å². The van der Waals surface area contributed by atoms with Crippen molar-refractivity contribution in [1.29, 1.82) is 0 Å². The fraction of sp³-hybridized carbons (Fsp3) is 0.417. The van der Waals surface area contributed by atoms with Crippen molar-refractivity contribution < 1.29 is 9.21 Å². The topological polar surface area (TPSA) is 123 Å². The van der Waals surface area contributed by atoms with Gasteiger partial charge in [0.2, 0.25) is 11.8 Å². The molecule has 1 amide bonds. The number of carbonyl (C=O) groups excluding carboxylic acids is 1. The van der Waals surface area contributed by atoms with Crippen molar-refractivity contribution in [3.8, 4) is 0 Å². The van der Waals surface area contributed by atoms with E-state index >= 15 is 0 Å². The van der Waals surface area contributed by atoms with Gasteiger partial charge >= 0.3 is 5.69 Å². The number of rotatable bonds is 6. The Kier molecular flexibility index (Phi) is 4.09. The fourth-order valence-electron chi connectivity index (χ4n) is 1.70. The van der Waals surface area contributed by atoms with Gasteiger partial charge in [-0.3, -0.25) is 19.1 Å². The Morgan fingerprint density at radius 3 is 3.00 bits per heavy atom. The summed E-state index contributed by atoms with van der Waals surface area (Å²) in [7, 11) is 0. The Hall–Kier alpha value is -2.36. The summed E-state index contributed by atoms with van der Waals surface area (Å²) in [5, 5.41) is 10.7. The summed E-state index contributed by atoms with van der Waals surface area (Å²) < 4.78 is 6.59. The molecular formula is C12H13N5O4S. The van der Waals surface area contributed by atoms with Crippen LogP contribution in [0.2, 0.25) is 0 Å². The first-order valence-electron chi connectivity index (χ1n) is 6.64. The number of hydrogen-bond donors (Lipinski definition) is 2. The molecule has 9 nitrogen and oxygen atoms in total. The van der Waals surface area contributed by atoms with E-state index in [-0.39, 0.29) is 29.3 Å². The molecule has 0 radical (unpaired) electrons. The van der Waals surface area contributed by atoms with Crippen LogP contribution >= 0.6 is 11.8 Å². The number of hydrogen-bond acceptors (Lipinski definition) is 7. The Balaban J connectivity index is 1.57. The number of thioether (sulfide) groups is 1. The van der Waals surface area contributed by atoms with Gasteiger partial charge in [-0.05, 0) is 12.8 Å². The van der Waals surface area contributed by atoms with Crippen LogP contribution in [-0.2, 0) is 11.3 Å². The lowest BCUT2D eigenvalue weighted by Crippen LogP contribution is -2.28. The summed E-state index contributed by atoms with van der Waals surface area (Å²) >= 11 is 1.14. The lowest BCUT2D eigenvalue weighted by molar-refractivity contribution is -0.118. The minimum absolute atomic E-state index is 0.0530. The molecule has 0 aliphatic heterocycles. The normalized spacial score (nSPS) is 14.0. The van der Waals surface area contributed by atoms with Gasteiger partial charge in [0.05, 0.1) is 5.75 Å². The average molecular weight is 323 g/mol. The third kappa shape index (κ3) is 3.85. The molecule has 1 aliphatic carbocycles. The van der Waals surface area contributed by atoms with Gasteiger partial charge < -0.3 is 9.73 Å². The first kappa shape index (κ1) is 14.6. The van der Waals surface area contributed by atoms with Gasteiger partial charge in [-0.1, -0.05) is 11.8 Å². The number of amides is 1. The van der Waals surface area contributed by atoms with E-state index in [0.717, 1.165) is 24.6 Å². The van der Waals surface area contributed by atoms with Crippen molar-refractivity contribution in [2.45, 2.75) is 30.7 Å². The second-order valence-corrected chi connectivity index (χ2v) is 5.76. The van der Waals surface area contributed by atoms with E-state index in [9.17, 15) is 14.4 Å². The number of H-pyrrole nitrogens is 1. The molecule has 1 fully saturated rings. The zero-order chi connectivity index (χ0) is 15.5. The van der Waals surface area contributed by atoms with E-state index in [1.807, 2.05) is 0 Å². The second-order valence-electron chi connectivity index (χ2n) is 4.83. The summed E-state index contributed by atoms with van der Waals surface area (Å²) in [5.41, 5.74) is -1.02. The van der Waals surface area contributed by atoms with Gasteiger partial charge in [0, 0.05) is 18.3 Å². The molecule has 0 saturated heterocycles. The van der Waals surface area contributed by atoms with Crippen molar-refractivity contribution in [2.75, 3.05) is 5.75 Å². The summed E-state index contributed by atoms with van der Waals surface area (Å²) in [6.07, 6.45) is 3.42. The van der Waals surface area contributed by atoms with Gasteiger partial charge in [-0.25, -0.2) is 4.79 Å². The minimum Gasteiger partial charge on any atom is -0.414 e. The van der Waals surface area contributed by atoms with Crippen molar-refractivity contribution in [3.05, 3.63) is 39.0 Å². The van der Waals surface area contributed by atoms with Crippen molar-refractivity contribution in [1.82, 2.24) is 25.1 Å². The third-order valence-corrected chi connectivity index (χ3v) is 3.74. The van der Waals surface area contributed by atoms with Gasteiger partial charge in [0.1, 0.15) is 6.54 Å². The van der Waals surface area contributed by atoms with Crippen molar-refractivity contribution in [2.24, 2.45) is 0 Å². The molecule has 1 saturated carbocycles. The molecule has 22 heavy (non-hydrogen) atoms. The van der Waals surface area contributed by atoms with E-state index in [1.165, 1.54) is 16.8 Å². The standard InChI is InChI=1S/C12H13N5O4S/c18-8-3-4-17(11(20)14-8)5-10-15-16-12(21-10)22-6-9(19)13-7-1-2-7/h3-4,7H,1-2,5-6H2,(H,13,19)(H,14,18,20). The van der Waals surface area contributed by atoms with Crippen LogP contribution in [0.15, 0.2) is 31.5 Å². The molecule has 0 spiro atoms. The molecular weight excluding hydrogens is 310 g/mol. The van der Waals surface area contributed by atoms with E-state index in [1.54, 1.807) is 0 Å². The Morgan fingerprint density at radius 2 is 2.27 bits per heavy atom. The van der Waals surface area contributed by atoms with Crippen LogP contribution in [-0.4, -0.2) is 37.5 Å². The molecule has 0 bridgehead atoms. The summed E-state index contributed by atoms with van der Waals surface area (Å²) in [6.45, 7) is 0.0530. The quantitative estimate of drug-likeness (QED) is 0.676. The highest BCUT2D eigenvalue weighted by molar-refractivity contribution is 7.99. The molecule has 2 heterocycles. The molecule has 2 aromatic heterocycles. The minimum atomic E-state index is -0.552. The van der Waals surface area contributed by atoms with Crippen LogP contribution in [0.1, 0.15) is 18.7 Å². The zero-order valence-corrected chi connectivity index (χ0v) is 12.3. The Labute approximate surface area is 128 Å². The number of nitrogens with one attached hydrogen (secondary N) is 2. The van der Waals surface area contributed by atoms with E-state index in [2.05, 4.69) is 20.5 Å². The van der Waals surface area contributed by atoms with Gasteiger partial charge in [0.25, 0.3) is 10.8 Å². The van der Waals surface area contributed by atoms with E-state index in [0.29, 0.717) is 6.04 Å². The van der Waals surface area contributed by atoms with Crippen LogP contribution in [0.4, 0.5) is 0 Å². The maximum absolute atomic E-state index is 11.5. The van der Waals surface area contributed by atoms with E-state index < -0.39 is 11.2 Å². The Bertz CT molecular complexity index is 791. The van der Waals surface area contributed by atoms with Crippen LogP contribution in [0, 0.1) is 0 Å². The maximum atomic E-state index is 11.5. The second kappa shape index (κ2) is 6.18. The number of nitrogens with zero attached hydrogens (tertiary/aromatic N) is 3. The third-order valence-electron chi connectivity index (χ3n) is 2.92. The first-order chi connectivity index (χ1) is 10.6. The molecule has 0 atom stereocenters. The molecule has 2 aromatic rings. The molecule has 10 heteroatoms. The molecule has 116 valence electrons. The van der Waals surface area contributed by atoms with Crippen LogP contribution < -0.4 is 16.6 Å². The number of aromatic nitrogens is 4. The highest BCUT2D eigenvalue weighted by Crippen LogP contribution is 2.20. The van der Waals surface area contributed by atoms with Crippen molar-refractivity contribution >= 4 is 17.7 Å². The molecule has 1 aliphatic rings. The van der Waals surface area contributed by atoms with Gasteiger partial charge in [-0.15, -0.1) is 10.2 Å². The lowest BCUT2D eigenvalue weighted by Gasteiger charge is -2.00. The fourth-order valence-corrected chi connectivity index (χ4v) is 2.29. The maximum Gasteiger partial charge on any atom is 0.328 e. The van der Waals surface area contributed by atoms with Crippen molar-refractivity contribution in [3.63, 3.8) is 0 Å². The predicted octanol–water partition coefficient (Wildman–Crippen LogP) is -0.661. The SMILES string of the molecule is O=C(CSc1nnc(Cn2ccc(=O)[nH]c2=O)o1)NC1CC1. The van der Waals surface area contributed by atoms with Gasteiger partial charge in [0.15, 0.2) is 0 Å².